The fraction of sp³-hybridized carbons (Fsp3) is 0.316. The van der Waals surface area contributed by atoms with E-state index in [4.69, 9.17) is 14.2 Å². The number of carbonyl (C=O) groups excluding carboxylic acids is 1. The van der Waals surface area contributed by atoms with Crippen LogP contribution in [0, 0.1) is 0 Å². The molecule has 0 spiro atoms. The highest BCUT2D eigenvalue weighted by Gasteiger charge is 2.31. The maximum Gasteiger partial charge on any atom is 0.573 e. The van der Waals surface area contributed by atoms with E-state index in [0.29, 0.717) is 11.3 Å². The lowest BCUT2D eigenvalue weighted by atomic mass is 10.1. The summed E-state index contributed by atoms with van der Waals surface area (Å²) in [5, 5.41) is 12.7. The number of rotatable bonds is 8. The number of aliphatic hydroxyl groups is 1. The van der Waals surface area contributed by atoms with Crippen molar-refractivity contribution >= 4 is 5.91 Å². The predicted octanol–water partition coefficient (Wildman–Crippen LogP) is 3.07. The average Bonchev–Trinajstić information content (AvgIpc) is 2.69. The molecule has 0 aliphatic carbocycles. The van der Waals surface area contributed by atoms with Gasteiger partial charge in [0.15, 0.2) is 11.5 Å². The number of alkyl halides is 3. The van der Waals surface area contributed by atoms with Gasteiger partial charge in [-0.25, -0.2) is 0 Å². The quantitative estimate of drug-likeness (QED) is 0.689. The van der Waals surface area contributed by atoms with Crippen molar-refractivity contribution in [2.75, 3.05) is 27.9 Å². The second-order valence-corrected chi connectivity index (χ2v) is 5.76. The molecule has 0 heterocycles. The lowest BCUT2D eigenvalue weighted by Gasteiger charge is -2.16. The van der Waals surface area contributed by atoms with E-state index >= 15 is 0 Å². The second kappa shape index (κ2) is 9.37. The molecular formula is C19H20F3NO6. The van der Waals surface area contributed by atoms with E-state index in [9.17, 15) is 23.1 Å². The van der Waals surface area contributed by atoms with Crippen LogP contribution in [0.4, 0.5) is 13.2 Å². The Bertz CT molecular complexity index is 814. The largest absolute Gasteiger partial charge is 0.573 e. The molecule has 1 amide bonds. The number of hydrogen-bond acceptors (Lipinski definition) is 6. The first-order valence-electron chi connectivity index (χ1n) is 8.30. The molecule has 10 heteroatoms. The SMILES string of the molecule is COc1cc(C(=O)NCC(O)c2ccc(OC(F)(F)F)cc2)cc(OC)c1OC. The van der Waals surface area contributed by atoms with Crippen molar-refractivity contribution in [3.05, 3.63) is 47.5 Å². The molecule has 0 fully saturated rings. The van der Waals surface area contributed by atoms with Gasteiger partial charge < -0.3 is 29.4 Å². The predicted molar refractivity (Wildman–Crippen MR) is 96.5 cm³/mol. The Morgan fingerprint density at radius 2 is 1.59 bits per heavy atom. The van der Waals surface area contributed by atoms with Crippen molar-refractivity contribution in [2.45, 2.75) is 12.5 Å². The average molecular weight is 415 g/mol. The van der Waals surface area contributed by atoms with Crippen molar-refractivity contribution < 1.29 is 42.0 Å². The minimum Gasteiger partial charge on any atom is -0.493 e. The molecule has 1 unspecified atom stereocenters. The van der Waals surface area contributed by atoms with Gasteiger partial charge in [-0.05, 0) is 29.8 Å². The highest BCUT2D eigenvalue weighted by Crippen LogP contribution is 2.38. The zero-order valence-corrected chi connectivity index (χ0v) is 15.9. The van der Waals surface area contributed by atoms with Gasteiger partial charge in [0.25, 0.3) is 5.91 Å². The van der Waals surface area contributed by atoms with Gasteiger partial charge in [-0.3, -0.25) is 4.79 Å². The standard InChI is InChI=1S/C19H20F3NO6/c1-26-15-8-12(9-16(27-2)17(15)28-3)18(25)23-10-14(24)11-4-6-13(7-5-11)29-19(20,21)22/h4-9,14,24H,10H2,1-3H3,(H,23,25). The van der Waals surface area contributed by atoms with Crippen LogP contribution in [0.15, 0.2) is 36.4 Å². The van der Waals surface area contributed by atoms with Crippen LogP contribution in [-0.4, -0.2) is 45.3 Å². The number of benzene rings is 2. The Hall–Kier alpha value is -3.14. The van der Waals surface area contributed by atoms with Crippen LogP contribution >= 0.6 is 0 Å². The summed E-state index contributed by atoms with van der Waals surface area (Å²) >= 11 is 0. The lowest BCUT2D eigenvalue weighted by molar-refractivity contribution is -0.274. The van der Waals surface area contributed by atoms with Crippen molar-refractivity contribution in [1.29, 1.82) is 0 Å². The van der Waals surface area contributed by atoms with Crippen LogP contribution in [0.25, 0.3) is 0 Å². The zero-order valence-electron chi connectivity index (χ0n) is 15.9. The van der Waals surface area contributed by atoms with Crippen LogP contribution in [-0.2, 0) is 0 Å². The minimum absolute atomic E-state index is 0.172. The summed E-state index contributed by atoms with van der Waals surface area (Å²) in [6.45, 7) is -0.172. The smallest absolute Gasteiger partial charge is 0.493 e. The first-order chi connectivity index (χ1) is 13.7. The van der Waals surface area contributed by atoms with E-state index in [0.717, 1.165) is 12.1 Å². The molecule has 0 saturated carbocycles. The van der Waals surface area contributed by atoms with Crippen molar-refractivity contribution in [2.24, 2.45) is 0 Å². The normalized spacial score (nSPS) is 12.1. The maximum atomic E-state index is 12.4. The summed E-state index contributed by atoms with van der Waals surface area (Å²) in [4.78, 5) is 12.4. The van der Waals surface area contributed by atoms with Crippen LogP contribution in [0.3, 0.4) is 0 Å². The van der Waals surface area contributed by atoms with E-state index in [1.165, 1.54) is 45.6 Å². The highest BCUT2D eigenvalue weighted by atomic mass is 19.4. The molecule has 2 N–H and O–H groups in total. The van der Waals surface area contributed by atoms with E-state index in [2.05, 4.69) is 10.1 Å². The molecule has 2 aromatic rings. The fourth-order valence-corrected chi connectivity index (χ4v) is 2.51. The monoisotopic (exact) mass is 415 g/mol. The Balaban J connectivity index is 2.05. The highest BCUT2D eigenvalue weighted by molar-refractivity contribution is 5.95. The van der Waals surface area contributed by atoms with Gasteiger partial charge in [-0.15, -0.1) is 13.2 Å². The van der Waals surface area contributed by atoms with Gasteiger partial charge in [0.1, 0.15) is 5.75 Å². The van der Waals surface area contributed by atoms with E-state index in [-0.39, 0.29) is 23.6 Å². The number of halogens is 3. The van der Waals surface area contributed by atoms with Crippen molar-refractivity contribution in [1.82, 2.24) is 5.32 Å². The first-order valence-corrected chi connectivity index (χ1v) is 8.30. The second-order valence-electron chi connectivity index (χ2n) is 5.76. The van der Waals surface area contributed by atoms with Gasteiger partial charge in [-0.1, -0.05) is 12.1 Å². The van der Waals surface area contributed by atoms with E-state index < -0.39 is 24.1 Å². The molecule has 2 aromatic carbocycles. The van der Waals surface area contributed by atoms with Crippen LogP contribution in [0.1, 0.15) is 22.0 Å². The summed E-state index contributed by atoms with van der Waals surface area (Å²) in [6, 6.07) is 7.60. The molecule has 2 rings (SSSR count). The van der Waals surface area contributed by atoms with Gasteiger partial charge in [0.2, 0.25) is 5.75 Å². The summed E-state index contributed by atoms with van der Waals surface area (Å²) in [5.74, 6) is -0.0152. The fourth-order valence-electron chi connectivity index (χ4n) is 2.51. The van der Waals surface area contributed by atoms with Crippen LogP contribution in [0.5, 0.6) is 23.0 Å². The van der Waals surface area contributed by atoms with E-state index in [1.54, 1.807) is 0 Å². The third-order valence-electron chi connectivity index (χ3n) is 3.88. The van der Waals surface area contributed by atoms with Gasteiger partial charge in [0, 0.05) is 12.1 Å². The Morgan fingerprint density at radius 3 is 2.03 bits per heavy atom. The third kappa shape index (κ3) is 5.92. The molecule has 0 aliphatic rings. The number of hydrogen-bond donors (Lipinski definition) is 2. The number of carbonyl (C=O) groups is 1. The third-order valence-corrected chi connectivity index (χ3v) is 3.88. The Kier molecular flexibility index (Phi) is 7.16. The maximum absolute atomic E-state index is 12.4. The van der Waals surface area contributed by atoms with Crippen molar-refractivity contribution in [3.8, 4) is 23.0 Å². The number of methoxy groups -OCH3 is 3. The van der Waals surface area contributed by atoms with Crippen LogP contribution < -0.4 is 24.3 Å². The molecule has 0 radical (unpaired) electrons. The lowest BCUT2D eigenvalue weighted by Crippen LogP contribution is -2.28. The van der Waals surface area contributed by atoms with Crippen molar-refractivity contribution in [3.63, 3.8) is 0 Å². The number of amides is 1. The molecule has 29 heavy (non-hydrogen) atoms. The molecule has 1 atom stereocenters. The molecule has 7 nitrogen and oxygen atoms in total. The Morgan fingerprint density at radius 1 is 1.03 bits per heavy atom. The minimum atomic E-state index is -4.80. The summed E-state index contributed by atoms with van der Waals surface area (Å²) < 4.78 is 55.9. The number of ether oxygens (including phenoxy) is 4. The number of nitrogens with one attached hydrogen (secondary N) is 1. The topological polar surface area (TPSA) is 86.3 Å². The summed E-state index contributed by atoms with van der Waals surface area (Å²) in [5.41, 5.74) is 0.519. The summed E-state index contributed by atoms with van der Waals surface area (Å²) in [7, 11) is 4.26. The van der Waals surface area contributed by atoms with Gasteiger partial charge >= 0.3 is 6.36 Å². The molecule has 0 aliphatic heterocycles. The number of aliphatic hydroxyl groups excluding tert-OH is 1. The molecule has 0 bridgehead atoms. The van der Waals surface area contributed by atoms with E-state index in [1.807, 2.05) is 0 Å². The molecule has 0 saturated heterocycles. The zero-order chi connectivity index (χ0) is 21.6. The summed E-state index contributed by atoms with van der Waals surface area (Å²) in [6.07, 6.45) is -5.94. The molecule has 158 valence electrons. The van der Waals surface area contributed by atoms with Crippen LogP contribution in [0.2, 0.25) is 0 Å². The molecular weight excluding hydrogens is 395 g/mol. The van der Waals surface area contributed by atoms with Gasteiger partial charge in [-0.2, -0.15) is 0 Å². The molecule has 0 aromatic heterocycles. The Labute approximate surface area is 164 Å². The first kappa shape index (κ1) is 22.2. The van der Waals surface area contributed by atoms with Gasteiger partial charge in [0.05, 0.1) is 27.4 Å².